The Hall–Kier alpha value is -2.34. The highest BCUT2D eigenvalue weighted by Gasteiger charge is 2.10. The smallest absolute Gasteiger partial charge is 0.191 e. The summed E-state index contributed by atoms with van der Waals surface area (Å²) in [6, 6.07) is 10.4. The van der Waals surface area contributed by atoms with Crippen LogP contribution in [0.1, 0.15) is 37.3 Å². The Morgan fingerprint density at radius 3 is 2.67 bits per heavy atom. The number of aromatic nitrogens is 2. The van der Waals surface area contributed by atoms with E-state index in [-0.39, 0.29) is 0 Å². The fourth-order valence-corrected chi connectivity index (χ4v) is 3.46. The van der Waals surface area contributed by atoms with Crippen LogP contribution in [0.2, 0.25) is 0 Å². The molecule has 0 bridgehead atoms. The molecule has 0 saturated carbocycles. The lowest BCUT2D eigenvalue weighted by Crippen LogP contribution is -2.38. The third-order valence-electron chi connectivity index (χ3n) is 4.90. The highest BCUT2D eigenvalue weighted by Crippen LogP contribution is 2.12. The second kappa shape index (κ2) is 10.7. The van der Waals surface area contributed by atoms with E-state index in [2.05, 4.69) is 51.8 Å². The number of hydrogen-bond donors (Lipinski definition) is 2. The Morgan fingerprint density at radius 2 is 1.93 bits per heavy atom. The van der Waals surface area contributed by atoms with Crippen LogP contribution in [0.5, 0.6) is 0 Å². The molecule has 1 aliphatic heterocycles. The zero-order valence-corrected chi connectivity index (χ0v) is 16.4. The lowest BCUT2D eigenvalue weighted by molar-refractivity contribution is 0.334. The summed E-state index contributed by atoms with van der Waals surface area (Å²) in [5.74, 6) is 0.896. The quantitative estimate of drug-likeness (QED) is 0.406. The predicted octanol–water partition coefficient (Wildman–Crippen LogP) is 2.47. The molecular weight excluding hydrogens is 336 g/mol. The highest BCUT2D eigenvalue weighted by molar-refractivity contribution is 5.79. The van der Waals surface area contributed by atoms with E-state index in [1.54, 1.807) is 0 Å². The molecule has 0 unspecified atom stereocenters. The molecule has 1 aromatic heterocycles. The van der Waals surface area contributed by atoms with Gasteiger partial charge in [-0.15, -0.1) is 0 Å². The zero-order valence-electron chi connectivity index (χ0n) is 16.4. The first-order valence-electron chi connectivity index (χ1n) is 10.1. The van der Waals surface area contributed by atoms with Gasteiger partial charge in [0.25, 0.3) is 0 Å². The Bertz CT molecular complexity index is 688. The molecule has 2 aromatic rings. The highest BCUT2D eigenvalue weighted by atomic mass is 15.3. The Morgan fingerprint density at radius 1 is 1.11 bits per heavy atom. The van der Waals surface area contributed by atoms with Gasteiger partial charge >= 0.3 is 0 Å². The van der Waals surface area contributed by atoms with E-state index in [1.807, 2.05) is 23.1 Å². The molecule has 1 aromatic carbocycles. The molecule has 1 aliphatic rings. The molecule has 2 heterocycles. The topological polar surface area (TPSA) is 57.5 Å². The summed E-state index contributed by atoms with van der Waals surface area (Å²) in [5.41, 5.74) is 2.50. The van der Waals surface area contributed by atoms with Gasteiger partial charge in [0.2, 0.25) is 0 Å². The second-order valence-electron chi connectivity index (χ2n) is 7.00. The summed E-state index contributed by atoms with van der Waals surface area (Å²) in [7, 11) is 0. The molecule has 0 spiro atoms. The minimum absolute atomic E-state index is 0.666. The van der Waals surface area contributed by atoms with Crippen molar-refractivity contribution in [3.63, 3.8) is 0 Å². The number of aliphatic imine (C=N–C) groups is 1. The van der Waals surface area contributed by atoms with Crippen molar-refractivity contribution >= 4 is 5.96 Å². The van der Waals surface area contributed by atoms with E-state index in [1.165, 1.54) is 43.6 Å². The van der Waals surface area contributed by atoms with Crippen molar-refractivity contribution in [1.82, 2.24) is 25.3 Å². The maximum atomic E-state index is 4.79. The van der Waals surface area contributed by atoms with Gasteiger partial charge in [0.1, 0.15) is 0 Å². The summed E-state index contributed by atoms with van der Waals surface area (Å²) in [6.07, 6.45) is 7.67. The molecule has 0 atom stereocenters. The molecule has 1 saturated heterocycles. The SMILES string of the molecule is CCNC(=NCc1ccccc1Cn1cccn1)NCCCN1CCCC1. The Kier molecular flexibility index (Phi) is 7.71. The van der Waals surface area contributed by atoms with Crippen molar-refractivity contribution in [2.45, 2.75) is 39.3 Å². The third-order valence-corrected chi connectivity index (χ3v) is 4.90. The average Bonchev–Trinajstić information content (AvgIpc) is 3.38. The lowest BCUT2D eigenvalue weighted by atomic mass is 10.1. The second-order valence-corrected chi connectivity index (χ2v) is 7.00. The van der Waals surface area contributed by atoms with E-state index in [0.29, 0.717) is 6.54 Å². The van der Waals surface area contributed by atoms with Crippen molar-refractivity contribution < 1.29 is 0 Å². The molecule has 1 fully saturated rings. The number of likely N-dealkylation sites (tertiary alicyclic amines) is 1. The van der Waals surface area contributed by atoms with Gasteiger partial charge in [-0.25, -0.2) is 4.99 Å². The molecule has 0 radical (unpaired) electrons. The minimum atomic E-state index is 0.666. The molecule has 3 rings (SSSR count). The normalized spacial score (nSPS) is 15.2. The van der Waals surface area contributed by atoms with Crippen LogP contribution in [0.4, 0.5) is 0 Å². The first-order valence-corrected chi connectivity index (χ1v) is 10.1. The monoisotopic (exact) mass is 368 g/mol. The summed E-state index contributed by atoms with van der Waals surface area (Å²) >= 11 is 0. The van der Waals surface area contributed by atoms with Gasteiger partial charge in [-0.3, -0.25) is 4.68 Å². The molecule has 0 amide bonds. The van der Waals surface area contributed by atoms with Gasteiger partial charge in [0.15, 0.2) is 5.96 Å². The van der Waals surface area contributed by atoms with Gasteiger partial charge in [-0.05, 0) is 63.0 Å². The summed E-state index contributed by atoms with van der Waals surface area (Å²) < 4.78 is 1.95. The predicted molar refractivity (Wildman–Crippen MR) is 111 cm³/mol. The number of benzene rings is 1. The maximum Gasteiger partial charge on any atom is 0.191 e. The minimum Gasteiger partial charge on any atom is -0.357 e. The van der Waals surface area contributed by atoms with E-state index < -0.39 is 0 Å². The van der Waals surface area contributed by atoms with E-state index in [9.17, 15) is 0 Å². The fourth-order valence-electron chi connectivity index (χ4n) is 3.46. The fraction of sp³-hybridized carbons (Fsp3) is 0.524. The van der Waals surface area contributed by atoms with E-state index in [4.69, 9.17) is 4.99 Å². The van der Waals surface area contributed by atoms with Gasteiger partial charge in [-0.2, -0.15) is 5.10 Å². The lowest BCUT2D eigenvalue weighted by Gasteiger charge is -2.16. The Labute approximate surface area is 162 Å². The number of guanidine groups is 1. The molecular formula is C21H32N6. The number of nitrogens with zero attached hydrogens (tertiary/aromatic N) is 4. The summed E-state index contributed by atoms with van der Waals surface area (Å²) in [6.45, 7) is 9.08. The van der Waals surface area contributed by atoms with Gasteiger partial charge in [0, 0.05) is 25.5 Å². The maximum absolute atomic E-state index is 4.79. The van der Waals surface area contributed by atoms with Crippen LogP contribution in [-0.2, 0) is 13.1 Å². The molecule has 27 heavy (non-hydrogen) atoms. The van der Waals surface area contributed by atoms with Crippen LogP contribution in [-0.4, -0.2) is 53.4 Å². The number of nitrogens with one attached hydrogen (secondary N) is 2. The van der Waals surface area contributed by atoms with Crippen LogP contribution < -0.4 is 10.6 Å². The van der Waals surface area contributed by atoms with E-state index >= 15 is 0 Å². The summed E-state index contributed by atoms with van der Waals surface area (Å²) in [4.78, 5) is 7.35. The number of rotatable bonds is 9. The van der Waals surface area contributed by atoms with Crippen molar-refractivity contribution in [3.8, 4) is 0 Å². The summed E-state index contributed by atoms with van der Waals surface area (Å²) in [5, 5.41) is 11.1. The first kappa shape index (κ1) is 19.4. The number of hydrogen-bond acceptors (Lipinski definition) is 3. The Balaban J connectivity index is 1.52. The van der Waals surface area contributed by atoms with Crippen LogP contribution >= 0.6 is 0 Å². The third kappa shape index (κ3) is 6.40. The van der Waals surface area contributed by atoms with Crippen LogP contribution in [0.25, 0.3) is 0 Å². The van der Waals surface area contributed by atoms with Crippen molar-refractivity contribution in [3.05, 3.63) is 53.9 Å². The first-order chi connectivity index (χ1) is 13.3. The van der Waals surface area contributed by atoms with Crippen molar-refractivity contribution in [2.24, 2.45) is 4.99 Å². The molecule has 2 N–H and O–H groups in total. The molecule has 0 aliphatic carbocycles. The van der Waals surface area contributed by atoms with Crippen molar-refractivity contribution in [2.75, 3.05) is 32.7 Å². The van der Waals surface area contributed by atoms with Gasteiger partial charge in [-0.1, -0.05) is 24.3 Å². The van der Waals surface area contributed by atoms with Gasteiger partial charge in [0.05, 0.1) is 13.1 Å². The van der Waals surface area contributed by atoms with Gasteiger partial charge < -0.3 is 15.5 Å². The molecule has 6 nitrogen and oxygen atoms in total. The standard InChI is InChI=1S/C21H32N6/c1-2-22-21(23-11-7-15-26-13-5-6-14-26)24-17-19-9-3-4-10-20(19)18-27-16-8-12-25-27/h3-4,8-10,12,16H,2,5-7,11,13-15,17-18H2,1H3,(H2,22,23,24). The van der Waals surface area contributed by atoms with E-state index in [0.717, 1.165) is 32.0 Å². The molecule has 146 valence electrons. The van der Waals surface area contributed by atoms with Crippen LogP contribution in [0.3, 0.4) is 0 Å². The van der Waals surface area contributed by atoms with Crippen LogP contribution in [0.15, 0.2) is 47.7 Å². The van der Waals surface area contributed by atoms with Crippen LogP contribution in [0, 0.1) is 0 Å². The van der Waals surface area contributed by atoms with Crippen molar-refractivity contribution in [1.29, 1.82) is 0 Å². The largest absolute Gasteiger partial charge is 0.357 e. The molecule has 6 heteroatoms. The zero-order chi connectivity index (χ0) is 18.7. The average molecular weight is 369 g/mol.